The van der Waals surface area contributed by atoms with Crippen molar-refractivity contribution in [2.24, 2.45) is 0 Å². The molecule has 11 aromatic carbocycles. The first kappa shape index (κ1) is 47.8. The average molecular weight is 1030 g/mol. The van der Waals surface area contributed by atoms with E-state index >= 15 is 0 Å². The highest BCUT2D eigenvalue weighted by Crippen LogP contribution is 2.54. The fourth-order valence-corrected chi connectivity index (χ4v) is 13.5. The molecule has 0 fully saturated rings. The third-order valence-electron chi connectivity index (χ3n) is 17.3. The lowest BCUT2D eigenvalue weighted by molar-refractivity contribution is 0.590. The number of para-hydroxylation sites is 4. The number of benzene rings is 11. The third-order valence-corrected chi connectivity index (χ3v) is 17.3. The van der Waals surface area contributed by atoms with E-state index in [1.165, 1.54) is 132 Å². The number of aromatic nitrogens is 2. The summed E-state index contributed by atoms with van der Waals surface area (Å²) < 4.78 is 5.14. The van der Waals surface area contributed by atoms with Gasteiger partial charge in [0, 0.05) is 65.6 Å². The summed E-state index contributed by atoms with van der Waals surface area (Å²) in [5.41, 5.74) is 24.1. The highest BCUT2D eigenvalue weighted by atomic mass is 15.2. The van der Waals surface area contributed by atoms with Crippen molar-refractivity contribution < 1.29 is 0 Å². The first-order valence-electron chi connectivity index (χ1n) is 28.3. The van der Waals surface area contributed by atoms with Gasteiger partial charge in [0.2, 0.25) is 0 Å². The van der Waals surface area contributed by atoms with Gasteiger partial charge in [-0.2, -0.15) is 0 Å². The number of fused-ring (bicyclic) bond motifs is 12. The van der Waals surface area contributed by atoms with Gasteiger partial charge in [-0.15, -0.1) is 0 Å². The molecule has 0 spiro atoms. The summed E-state index contributed by atoms with van der Waals surface area (Å²) in [5, 5.41) is 9.95. The van der Waals surface area contributed by atoms with Crippen molar-refractivity contribution in [3.8, 4) is 22.3 Å². The average Bonchev–Trinajstić information content (AvgIpc) is 4.30. The van der Waals surface area contributed by atoms with Gasteiger partial charge in [-0.25, -0.2) is 0 Å². The van der Waals surface area contributed by atoms with Crippen LogP contribution in [0.25, 0.3) is 98.4 Å². The standard InChI is InChI=1S/C76H62N4/c1-47-21-19-29-55(49-23-11-9-12-24-49)71(47)77(53-37-33-51(34-38-53)75(3,4)5)65-43-41-57-61-45-68-62(46-67(61)79-63-31-17-15-27-59(63)69(65)73(57)79)58-42-44-66(70-60-28-16-18-32-64(60)80(68)74(58)70)78(54-39-35-52(36-40-54)76(6,7)8)72-48(2)22-20-30-56(72)50-25-13-10-14-26-50/h9-46H,1-8H3. The molecule has 0 aliphatic heterocycles. The molecule has 4 heteroatoms. The Balaban J connectivity index is 1.01. The van der Waals surface area contributed by atoms with Crippen LogP contribution in [0.2, 0.25) is 0 Å². The van der Waals surface area contributed by atoms with Gasteiger partial charge in [0.05, 0.1) is 55.8 Å². The predicted molar refractivity (Wildman–Crippen MR) is 343 cm³/mol. The molecule has 4 nitrogen and oxygen atoms in total. The van der Waals surface area contributed by atoms with Gasteiger partial charge in [-0.1, -0.05) is 211 Å². The fraction of sp³-hybridized carbons (Fsp3) is 0.132. The fourth-order valence-electron chi connectivity index (χ4n) is 13.5. The summed E-state index contributed by atoms with van der Waals surface area (Å²) in [6.07, 6.45) is 0. The minimum Gasteiger partial charge on any atom is -0.309 e. The molecule has 0 N–H and O–H groups in total. The maximum absolute atomic E-state index is 2.57. The van der Waals surface area contributed by atoms with E-state index in [9.17, 15) is 0 Å². The van der Waals surface area contributed by atoms with Crippen LogP contribution in [-0.2, 0) is 10.8 Å². The van der Waals surface area contributed by atoms with Crippen LogP contribution in [0.15, 0.2) is 231 Å². The Bertz CT molecular complexity index is 4580. The molecular formula is C76H62N4. The zero-order valence-electron chi connectivity index (χ0n) is 46.7. The van der Waals surface area contributed by atoms with Crippen molar-refractivity contribution in [2.45, 2.75) is 66.2 Å². The van der Waals surface area contributed by atoms with Gasteiger partial charge in [-0.3, -0.25) is 0 Å². The number of rotatable bonds is 8. The van der Waals surface area contributed by atoms with Gasteiger partial charge in [0.1, 0.15) is 0 Å². The number of aryl methyl sites for hydroxylation is 2. The van der Waals surface area contributed by atoms with Crippen LogP contribution in [0.5, 0.6) is 0 Å². The highest BCUT2D eigenvalue weighted by Gasteiger charge is 2.30. The monoisotopic (exact) mass is 1030 g/mol. The number of nitrogens with zero attached hydrogens (tertiary/aromatic N) is 4. The molecule has 0 saturated heterocycles. The van der Waals surface area contributed by atoms with Crippen LogP contribution in [0, 0.1) is 13.8 Å². The van der Waals surface area contributed by atoms with E-state index in [0.717, 1.165) is 22.7 Å². The minimum atomic E-state index is 0.0169. The predicted octanol–water partition coefficient (Wildman–Crippen LogP) is 21.5. The number of hydrogen-bond acceptors (Lipinski definition) is 2. The molecule has 386 valence electrons. The molecule has 80 heavy (non-hydrogen) atoms. The van der Waals surface area contributed by atoms with Gasteiger partial charge in [0.15, 0.2) is 0 Å². The Morgan fingerprint density at radius 1 is 0.312 bits per heavy atom. The van der Waals surface area contributed by atoms with E-state index < -0.39 is 0 Å². The van der Waals surface area contributed by atoms with Crippen LogP contribution < -0.4 is 9.80 Å². The van der Waals surface area contributed by atoms with E-state index in [0.29, 0.717) is 0 Å². The number of anilines is 6. The molecule has 0 saturated carbocycles. The Morgan fingerprint density at radius 3 is 1.07 bits per heavy atom. The summed E-state index contributed by atoms with van der Waals surface area (Å²) >= 11 is 0. The molecule has 4 heterocycles. The second kappa shape index (κ2) is 17.6. The topological polar surface area (TPSA) is 15.3 Å². The van der Waals surface area contributed by atoms with Gasteiger partial charge in [-0.05, 0) is 119 Å². The van der Waals surface area contributed by atoms with Crippen molar-refractivity contribution >= 4 is 110 Å². The Morgan fingerprint density at radius 2 is 0.688 bits per heavy atom. The van der Waals surface area contributed by atoms with Crippen LogP contribution >= 0.6 is 0 Å². The lowest BCUT2D eigenvalue weighted by Crippen LogP contribution is -2.15. The maximum Gasteiger partial charge on any atom is 0.0641 e. The lowest BCUT2D eigenvalue weighted by atomic mass is 9.87. The minimum absolute atomic E-state index is 0.0169. The van der Waals surface area contributed by atoms with Crippen LogP contribution in [0.4, 0.5) is 34.1 Å². The molecule has 0 bridgehead atoms. The zero-order chi connectivity index (χ0) is 54.3. The van der Waals surface area contributed by atoms with Crippen molar-refractivity contribution in [1.29, 1.82) is 0 Å². The van der Waals surface area contributed by atoms with Crippen LogP contribution in [-0.4, -0.2) is 8.80 Å². The third kappa shape index (κ3) is 7.07. The molecule has 15 aromatic rings. The van der Waals surface area contributed by atoms with Crippen molar-refractivity contribution in [2.75, 3.05) is 9.80 Å². The molecule has 0 aliphatic rings. The van der Waals surface area contributed by atoms with Gasteiger partial charge >= 0.3 is 0 Å². The summed E-state index contributed by atoms with van der Waals surface area (Å²) in [6, 6.07) is 86.6. The van der Waals surface area contributed by atoms with Gasteiger partial charge < -0.3 is 18.6 Å². The molecule has 0 amide bonds. The summed E-state index contributed by atoms with van der Waals surface area (Å²) in [7, 11) is 0. The summed E-state index contributed by atoms with van der Waals surface area (Å²) in [4.78, 5) is 5.09. The largest absolute Gasteiger partial charge is 0.309 e. The molecule has 15 rings (SSSR count). The summed E-state index contributed by atoms with van der Waals surface area (Å²) in [6.45, 7) is 18.3. The first-order chi connectivity index (χ1) is 38.8. The maximum atomic E-state index is 2.57. The first-order valence-corrected chi connectivity index (χ1v) is 28.3. The summed E-state index contributed by atoms with van der Waals surface area (Å²) in [5.74, 6) is 0. The van der Waals surface area contributed by atoms with Crippen molar-refractivity contribution in [3.63, 3.8) is 0 Å². The van der Waals surface area contributed by atoms with Crippen molar-refractivity contribution in [1.82, 2.24) is 8.80 Å². The molecule has 0 atom stereocenters. The number of hydrogen-bond donors (Lipinski definition) is 0. The SMILES string of the molecule is Cc1cccc(-c2ccccc2)c1N(c1ccc(C(C)(C)C)cc1)c1ccc2c3cc4c(cc3n3c5ccccc5c1c23)c1ccc(N(c2ccc(C(C)(C)C)cc2)c2c(C)cccc2-c2ccccc2)c2c3ccccc3n4c12. The van der Waals surface area contributed by atoms with Crippen LogP contribution in [0.3, 0.4) is 0 Å². The van der Waals surface area contributed by atoms with Crippen LogP contribution in [0.1, 0.15) is 63.8 Å². The van der Waals surface area contributed by atoms with E-state index in [1.807, 2.05) is 0 Å². The second-order valence-electron chi connectivity index (χ2n) is 24.2. The zero-order valence-corrected chi connectivity index (χ0v) is 46.7. The quantitative estimate of drug-likeness (QED) is 0.151. The van der Waals surface area contributed by atoms with E-state index in [2.05, 4.69) is 305 Å². The Hall–Kier alpha value is -9.38. The molecule has 4 aromatic heterocycles. The highest BCUT2D eigenvalue weighted by molar-refractivity contribution is 6.32. The Labute approximate surface area is 467 Å². The van der Waals surface area contributed by atoms with E-state index in [-0.39, 0.29) is 10.8 Å². The lowest BCUT2D eigenvalue weighted by Gasteiger charge is -2.31. The van der Waals surface area contributed by atoms with Crippen molar-refractivity contribution in [3.05, 3.63) is 253 Å². The normalized spacial score (nSPS) is 12.5. The molecule has 0 aliphatic carbocycles. The van der Waals surface area contributed by atoms with E-state index in [4.69, 9.17) is 0 Å². The molecule has 0 radical (unpaired) electrons. The van der Waals surface area contributed by atoms with Gasteiger partial charge in [0.25, 0.3) is 0 Å². The molecular weight excluding hydrogens is 969 g/mol. The molecule has 0 unspecified atom stereocenters. The smallest absolute Gasteiger partial charge is 0.0641 e. The second-order valence-corrected chi connectivity index (χ2v) is 24.2. The van der Waals surface area contributed by atoms with E-state index in [1.54, 1.807) is 0 Å². The Kier molecular flexibility index (Phi) is 10.5.